The maximum absolute atomic E-state index is 10.4. The van der Waals surface area contributed by atoms with E-state index in [1.54, 1.807) is 7.11 Å². The standard InChI is InChI=1S/C19H28N2O3/c1-16-7-4-5-9-19(16)24-15-18(22)14-21(11-12-23-3)13-17-8-6-10-20(17)2/h4-10,18,22H,11-15H2,1-3H3/t18-/m1/s1. The largest absolute Gasteiger partial charge is 0.491 e. The molecular weight excluding hydrogens is 304 g/mol. The van der Waals surface area contributed by atoms with E-state index in [1.165, 1.54) is 5.69 Å². The number of aliphatic hydroxyl groups is 1. The fourth-order valence-electron chi connectivity index (χ4n) is 2.60. The van der Waals surface area contributed by atoms with E-state index in [0.29, 0.717) is 13.2 Å². The molecular formula is C19H28N2O3. The van der Waals surface area contributed by atoms with Crippen molar-refractivity contribution in [3.63, 3.8) is 0 Å². The summed E-state index contributed by atoms with van der Waals surface area (Å²) in [6.45, 7) is 5.00. The van der Waals surface area contributed by atoms with Crippen LogP contribution in [0, 0.1) is 6.92 Å². The third-order valence-electron chi connectivity index (χ3n) is 4.04. The minimum atomic E-state index is -0.554. The van der Waals surface area contributed by atoms with Crippen LogP contribution in [0.15, 0.2) is 42.6 Å². The maximum Gasteiger partial charge on any atom is 0.122 e. The molecule has 1 N–H and O–H groups in total. The quantitative estimate of drug-likeness (QED) is 0.725. The number of nitrogens with zero attached hydrogens (tertiary/aromatic N) is 2. The van der Waals surface area contributed by atoms with Crippen LogP contribution in [0.4, 0.5) is 0 Å². The van der Waals surface area contributed by atoms with Crippen molar-refractivity contribution in [3.8, 4) is 5.75 Å². The zero-order valence-corrected chi connectivity index (χ0v) is 14.8. The average Bonchev–Trinajstić information content (AvgIpc) is 2.97. The van der Waals surface area contributed by atoms with Gasteiger partial charge in [-0.1, -0.05) is 18.2 Å². The first kappa shape index (κ1) is 18.5. The van der Waals surface area contributed by atoms with Crippen LogP contribution in [0.5, 0.6) is 5.75 Å². The molecule has 0 aliphatic carbocycles. The van der Waals surface area contributed by atoms with Crippen LogP contribution in [-0.4, -0.2) is 54.1 Å². The van der Waals surface area contributed by atoms with Crippen LogP contribution in [0.3, 0.4) is 0 Å². The van der Waals surface area contributed by atoms with E-state index in [-0.39, 0.29) is 6.61 Å². The summed E-state index contributed by atoms with van der Waals surface area (Å²) < 4.78 is 13.0. The number of rotatable bonds is 10. The molecule has 0 radical (unpaired) electrons. The summed E-state index contributed by atoms with van der Waals surface area (Å²) in [6.07, 6.45) is 1.48. The predicted molar refractivity (Wildman–Crippen MR) is 95.2 cm³/mol. The van der Waals surface area contributed by atoms with Gasteiger partial charge in [0.1, 0.15) is 18.5 Å². The summed E-state index contributed by atoms with van der Waals surface area (Å²) >= 11 is 0. The molecule has 1 aromatic carbocycles. The van der Waals surface area contributed by atoms with Gasteiger partial charge in [-0.2, -0.15) is 0 Å². The first-order chi connectivity index (χ1) is 11.6. The Bertz CT molecular complexity index is 612. The van der Waals surface area contributed by atoms with Gasteiger partial charge in [-0.3, -0.25) is 4.90 Å². The van der Waals surface area contributed by atoms with Gasteiger partial charge in [-0.05, 0) is 30.7 Å². The molecule has 5 nitrogen and oxygen atoms in total. The topological polar surface area (TPSA) is 46.9 Å². The molecule has 132 valence electrons. The fraction of sp³-hybridized carbons (Fsp3) is 0.474. The summed E-state index contributed by atoms with van der Waals surface area (Å²) in [4.78, 5) is 2.19. The highest BCUT2D eigenvalue weighted by atomic mass is 16.5. The Balaban J connectivity index is 1.88. The van der Waals surface area contributed by atoms with Crippen molar-refractivity contribution in [2.24, 2.45) is 7.05 Å². The van der Waals surface area contributed by atoms with Gasteiger partial charge in [0.15, 0.2) is 0 Å². The second-order valence-corrected chi connectivity index (χ2v) is 6.07. The van der Waals surface area contributed by atoms with Gasteiger partial charge in [0.05, 0.1) is 6.61 Å². The van der Waals surface area contributed by atoms with Crippen LogP contribution < -0.4 is 4.74 Å². The Labute approximate surface area is 144 Å². The number of benzene rings is 1. The first-order valence-electron chi connectivity index (χ1n) is 8.28. The molecule has 1 heterocycles. The van der Waals surface area contributed by atoms with Crippen molar-refractivity contribution in [2.75, 3.05) is 33.4 Å². The molecule has 24 heavy (non-hydrogen) atoms. The van der Waals surface area contributed by atoms with Crippen molar-refractivity contribution in [3.05, 3.63) is 53.9 Å². The predicted octanol–water partition coefficient (Wildman–Crippen LogP) is 2.22. The van der Waals surface area contributed by atoms with E-state index in [9.17, 15) is 5.11 Å². The highest BCUT2D eigenvalue weighted by Gasteiger charge is 2.14. The molecule has 0 unspecified atom stereocenters. The summed E-state index contributed by atoms with van der Waals surface area (Å²) in [5.74, 6) is 0.822. The lowest BCUT2D eigenvalue weighted by Gasteiger charge is -2.25. The molecule has 0 aliphatic rings. The van der Waals surface area contributed by atoms with Crippen molar-refractivity contribution in [1.29, 1.82) is 0 Å². The molecule has 2 aromatic rings. The van der Waals surface area contributed by atoms with Crippen LogP contribution in [0.2, 0.25) is 0 Å². The van der Waals surface area contributed by atoms with E-state index >= 15 is 0 Å². The number of aliphatic hydroxyl groups excluding tert-OH is 1. The molecule has 2 rings (SSSR count). The van der Waals surface area contributed by atoms with Gasteiger partial charge in [-0.15, -0.1) is 0 Å². The fourth-order valence-corrected chi connectivity index (χ4v) is 2.60. The molecule has 0 saturated carbocycles. The second-order valence-electron chi connectivity index (χ2n) is 6.07. The van der Waals surface area contributed by atoms with E-state index < -0.39 is 6.10 Å². The maximum atomic E-state index is 10.4. The van der Waals surface area contributed by atoms with E-state index in [0.717, 1.165) is 24.4 Å². The number of aryl methyl sites for hydroxylation is 2. The Morgan fingerprint density at radius 1 is 1.21 bits per heavy atom. The molecule has 1 atom stereocenters. The Kier molecular flexibility index (Phi) is 7.31. The Morgan fingerprint density at radius 2 is 2.00 bits per heavy atom. The van der Waals surface area contributed by atoms with Gasteiger partial charge >= 0.3 is 0 Å². The normalized spacial score (nSPS) is 12.5. The second kappa shape index (κ2) is 9.47. The number of para-hydroxylation sites is 1. The number of methoxy groups -OCH3 is 1. The smallest absolute Gasteiger partial charge is 0.122 e. The molecule has 0 saturated heterocycles. The zero-order valence-electron chi connectivity index (χ0n) is 14.8. The number of hydrogen-bond donors (Lipinski definition) is 1. The Hall–Kier alpha value is -1.82. The Morgan fingerprint density at radius 3 is 2.67 bits per heavy atom. The number of ether oxygens (including phenoxy) is 2. The number of aromatic nitrogens is 1. The highest BCUT2D eigenvalue weighted by Crippen LogP contribution is 2.16. The van der Waals surface area contributed by atoms with Gasteiger partial charge in [0.2, 0.25) is 0 Å². The van der Waals surface area contributed by atoms with Crippen molar-refractivity contribution in [2.45, 2.75) is 19.6 Å². The van der Waals surface area contributed by atoms with Gasteiger partial charge in [0, 0.05) is 45.7 Å². The van der Waals surface area contributed by atoms with Crippen LogP contribution in [0.25, 0.3) is 0 Å². The summed E-state index contributed by atoms with van der Waals surface area (Å²) in [7, 11) is 3.72. The minimum Gasteiger partial charge on any atom is -0.491 e. The molecule has 0 amide bonds. The van der Waals surface area contributed by atoms with Crippen molar-refractivity contribution < 1.29 is 14.6 Å². The van der Waals surface area contributed by atoms with Gasteiger partial charge in [0.25, 0.3) is 0 Å². The van der Waals surface area contributed by atoms with E-state index in [2.05, 4.69) is 15.5 Å². The minimum absolute atomic E-state index is 0.279. The molecule has 0 bridgehead atoms. The van der Waals surface area contributed by atoms with Crippen LogP contribution >= 0.6 is 0 Å². The lowest BCUT2D eigenvalue weighted by Crippen LogP contribution is -2.37. The van der Waals surface area contributed by atoms with Crippen molar-refractivity contribution in [1.82, 2.24) is 9.47 Å². The summed E-state index contributed by atoms with van der Waals surface area (Å²) in [5, 5.41) is 10.4. The molecule has 0 spiro atoms. The first-order valence-corrected chi connectivity index (χ1v) is 8.28. The third-order valence-corrected chi connectivity index (χ3v) is 4.04. The molecule has 1 aromatic heterocycles. The average molecular weight is 332 g/mol. The summed E-state index contributed by atoms with van der Waals surface area (Å²) in [6, 6.07) is 12.0. The lowest BCUT2D eigenvalue weighted by molar-refractivity contribution is 0.0533. The summed E-state index contributed by atoms with van der Waals surface area (Å²) in [5.41, 5.74) is 2.28. The SMILES string of the molecule is COCCN(Cc1cccn1C)C[C@@H](O)COc1ccccc1C. The zero-order chi connectivity index (χ0) is 17.4. The van der Waals surface area contributed by atoms with E-state index in [1.807, 2.05) is 50.5 Å². The molecule has 5 heteroatoms. The van der Waals surface area contributed by atoms with Crippen molar-refractivity contribution >= 4 is 0 Å². The molecule has 0 aliphatic heterocycles. The van der Waals surface area contributed by atoms with Gasteiger partial charge in [-0.25, -0.2) is 0 Å². The van der Waals surface area contributed by atoms with Crippen LogP contribution in [0.1, 0.15) is 11.3 Å². The number of hydrogen-bond acceptors (Lipinski definition) is 4. The molecule has 0 fully saturated rings. The third kappa shape index (κ3) is 5.67. The van der Waals surface area contributed by atoms with Gasteiger partial charge < -0.3 is 19.1 Å². The lowest BCUT2D eigenvalue weighted by atomic mass is 10.2. The van der Waals surface area contributed by atoms with Crippen LogP contribution in [-0.2, 0) is 18.3 Å². The highest BCUT2D eigenvalue weighted by molar-refractivity contribution is 5.31. The monoisotopic (exact) mass is 332 g/mol. The van der Waals surface area contributed by atoms with E-state index in [4.69, 9.17) is 9.47 Å².